The van der Waals surface area contributed by atoms with E-state index in [4.69, 9.17) is 9.47 Å². The van der Waals surface area contributed by atoms with E-state index in [1.807, 2.05) is 49.4 Å². The SMILES string of the molecule is COC(=O)c1ccc(C(C)NC(=O)[C@H]2CCCCN2CCOc2ccccc2)cc1. The summed E-state index contributed by atoms with van der Waals surface area (Å²) in [6, 6.07) is 16.6. The van der Waals surface area contributed by atoms with E-state index in [1.165, 1.54) is 7.11 Å². The van der Waals surface area contributed by atoms with Gasteiger partial charge in [-0.2, -0.15) is 0 Å². The minimum atomic E-state index is -0.367. The van der Waals surface area contributed by atoms with Crippen molar-refractivity contribution < 1.29 is 19.1 Å². The summed E-state index contributed by atoms with van der Waals surface area (Å²) in [6.07, 6.45) is 3.00. The van der Waals surface area contributed by atoms with Crippen LogP contribution in [-0.4, -0.2) is 49.6 Å². The number of hydrogen-bond donors (Lipinski definition) is 1. The molecule has 0 aliphatic carbocycles. The Balaban J connectivity index is 1.54. The number of methoxy groups -OCH3 is 1. The second-order valence-electron chi connectivity index (χ2n) is 7.55. The number of rotatable bonds is 8. The van der Waals surface area contributed by atoms with Gasteiger partial charge in [-0.25, -0.2) is 4.79 Å². The number of ether oxygens (including phenoxy) is 2. The molecule has 2 aromatic rings. The molecule has 6 nitrogen and oxygen atoms in total. The Kier molecular flexibility index (Phi) is 7.85. The number of piperidine rings is 1. The largest absolute Gasteiger partial charge is 0.492 e. The van der Waals surface area contributed by atoms with E-state index in [0.29, 0.717) is 12.2 Å². The third kappa shape index (κ3) is 5.83. The van der Waals surface area contributed by atoms with Gasteiger partial charge < -0.3 is 14.8 Å². The Morgan fingerprint density at radius 2 is 1.83 bits per heavy atom. The van der Waals surface area contributed by atoms with Gasteiger partial charge in [0.25, 0.3) is 0 Å². The lowest BCUT2D eigenvalue weighted by molar-refractivity contribution is -0.128. The molecule has 6 heteroatoms. The molecule has 1 amide bonds. The molecule has 0 bridgehead atoms. The molecule has 2 atom stereocenters. The first-order chi connectivity index (χ1) is 14.6. The van der Waals surface area contributed by atoms with Crippen LogP contribution < -0.4 is 10.1 Å². The van der Waals surface area contributed by atoms with Crippen LogP contribution in [0, 0.1) is 0 Å². The zero-order valence-electron chi connectivity index (χ0n) is 17.7. The van der Waals surface area contributed by atoms with Crippen LogP contribution >= 0.6 is 0 Å². The predicted octanol–water partition coefficient (Wildman–Crippen LogP) is 3.58. The summed E-state index contributed by atoms with van der Waals surface area (Å²) >= 11 is 0. The molecule has 0 spiro atoms. The summed E-state index contributed by atoms with van der Waals surface area (Å²) < 4.78 is 10.5. The van der Waals surface area contributed by atoms with Gasteiger partial charge in [0.05, 0.1) is 24.8 Å². The van der Waals surface area contributed by atoms with E-state index in [-0.39, 0.29) is 24.0 Å². The molecule has 1 fully saturated rings. The van der Waals surface area contributed by atoms with E-state index in [0.717, 1.165) is 43.7 Å². The highest BCUT2D eigenvalue weighted by Crippen LogP contribution is 2.20. The molecule has 0 radical (unpaired) electrons. The molecule has 0 aromatic heterocycles. The maximum atomic E-state index is 13.0. The van der Waals surface area contributed by atoms with Crippen molar-refractivity contribution in [3.8, 4) is 5.75 Å². The Morgan fingerprint density at radius 3 is 2.53 bits per heavy atom. The summed E-state index contributed by atoms with van der Waals surface area (Å²) in [5, 5.41) is 3.13. The predicted molar refractivity (Wildman–Crippen MR) is 115 cm³/mol. The number of amides is 1. The van der Waals surface area contributed by atoms with Crippen LogP contribution in [0.4, 0.5) is 0 Å². The Bertz CT molecular complexity index is 823. The van der Waals surface area contributed by atoms with Crippen molar-refractivity contribution in [3.63, 3.8) is 0 Å². The fraction of sp³-hybridized carbons (Fsp3) is 0.417. The first kappa shape index (κ1) is 21.8. The Hall–Kier alpha value is -2.86. The molecule has 0 saturated carbocycles. The third-order valence-corrected chi connectivity index (χ3v) is 5.50. The Labute approximate surface area is 178 Å². The van der Waals surface area contributed by atoms with Gasteiger partial charge in [-0.05, 0) is 56.1 Å². The maximum absolute atomic E-state index is 13.0. The highest BCUT2D eigenvalue weighted by molar-refractivity contribution is 5.89. The molecule has 1 heterocycles. The van der Waals surface area contributed by atoms with Gasteiger partial charge >= 0.3 is 5.97 Å². The van der Waals surface area contributed by atoms with Gasteiger partial charge in [-0.1, -0.05) is 36.8 Å². The molecular formula is C24H30N2O4. The number of nitrogens with zero attached hydrogens (tertiary/aromatic N) is 1. The normalized spacial score (nSPS) is 17.7. The Morgan fingerprint density at radius 1 is 1.10 bits per heavy atom. The van der Waals surface area contributed by atoms with E-state index in [1.54, 1.807) is 12.1 Å². The van der Waals surface area contributed by atoms with Crippen molar-refractivity contribution in [2.75, 3.05) is 26.8 Å². The lowest BCUT2D eigenvalue weighted by Crippen LogP contribution is -2.51. The number of hydrogen-bond acceptors (Lipinski definition) is 5. The van der Waals surface area contributed by atoms with Crippen LogP contribution in [0.2, 0.25) is 0 Å². The summed E-state index contributed by atoms with van der Waals surface area (Å²) in [5.74, 6) is 0.521. The average Bonchev–Trinajstić information content (AvgIpc) is 2.79. The highest BCUT2D eigenvalue weighted by atomic mass is 16.5. The highest BCUT2D eigenvalue weighted by Gasteiger charge is 2.29. The molecule has 1 unspecified atom stereocenters. The summed E-state index contributed by atoms with van der Waals surface area (Å²) in [6.45, 7) is 4.13. The van der Waals surface area contributed by atoms with Crippen LogP contribution in [0.25, 0.3) is 0 Å². The second kappa shape index (κ2) is 10.8. The third-order valence-electron chi connectivity index (χ3n) is 5.50. The first-order valence-corrected chi connectivity index (χ1v) is 10.5. The van der Waals surface area contributed by atoms with Crippen LogP contribution in [0.5, 0.6) is 5.75 Å². The van der Waals surface area contributed by atoms with Gasteiger partial charge in [-0.3, -0.25) is 9.69 Å². The molecule has 160 valence electrons. The standard InChI is InChI=1S/C24H30N2O4/c1-18(19-11-13-20(14-12-19)24(28)29-2)25-23(27)22-10-6-7-15-26(22)16-17-30-21-8-4-3-5-9-21/h3-5,8-9,11-14,18,22H,6-7,10,15-17H2,1-2H3,(H,25,27)/t18?,22-/m1/s1. The van der Waals surface area contributed by atoms with Crippen molar-refractivity contribution in [2.45, 2.75) is 38.3 Å². The fourth-order valence-corrected chi connectivity index (χ4v) is 3.77. The van der Waals surface area contributed by atoms with Gasteiger partial charge in [0, 0.05) is 6.54 Å². The molecule has 1 saturated heterocycles. The number of esters is 1. The zero-order chi connectivity index (χ0) is 21.3. The fourth-order valence-electron chi connectivity index (χ4n) is 3.77. The lowest BCUT2D eigenvalue weighted by atomic mass is 10.00. The van der Waals surface area contributed by atoms with Crippen molar-refractivity contribution in [2.24, 2.45) is 0 Å². The minimum absolute atomic E-state index is 0.0407. The number of benzene rings is 2. The van der Waals surface area contributed by atoms with Gasteiger partial charge in [-0.15, -0.1) is 0 Å². The van der Waals surface area contributed by atoms with Crippen LogP contribution in [-0.2, 0) is 9.53 Å². The molecule has 1 N–H and O–H groups in total. The average molecular weight is 411 g/mol. The van der Waals surface area contributed by atoms with Crippen molar-refractivity contribution in [1.29, 1.82) is 0 Å². The monoisotopic (exact) mass is 410 g/mol. The minimum Gasteiger partial charge on any atom is -0.492 e. The number of carbonyl (C=O) groups is 2. The summed E-state index contributed by atoms with van der Waals surface area (Å²) in [7, 11) is 1.36. The van der Waals surface area contributed by atoms with Crippen LogP contribution in [0.1, 0.15) is 48.1 Å². The molecule has 30 heavy (non-hydrogen) atoms. The smallest absolute Gasteiger partial charge is 0.337 e. The first-order valence-electron chi connectivity index (χ1n) is 10.5. The van der Waals surface area contributed by atoms with Crippen molar-refractivity contribution in [1.82, 2.24) is 10.2 Å². The second-order valence-corrected chi connectivity index (χ2v) is 7.55. The topological polar surface area (TPSA) is 67.9 Å². The summed E-state index contributed by atoms with van der Waals surface area (Å²) in [5.41, 5.74) is 1.45. The number of likely N-dealkylation sites (tertiary alicyclic amines) is 1. The molecular weight excluding hydrogens is 380 g/mol. The van der Waals surface area contributed by atoms with Crippen LogP contribution in [0.15, 0.2) is 54.6 Å². The zero-order valence-corrected chi connectivity index (χ0v) is 17.7. The maximum Gasteiger partial charge on any atom is 0.337 e. The number of nitrogens with one attached hydrogen (secondary N) is 1. The van der Waals surface area contributed by atoms with Crippen LogP contribution in [0.3, 0.4) is 0 Å². The van der Waals surface area contributed by atoms with Crippen molar-refractivity contribution in [3.05, 3.63) is 65.7 Å². The summed E-state index contributed by atoms with van der Waals surface area (Å²) in [4.78, 5) is 26.8. The molecule has 1 aliphatic heterocycles. The van der Waals surface area contributed by atoms with E-state index in [2.05, 4.69) is 10.2 Å². The lowest BCUT2D eigenvalue weighted by Gasteiger charge is -2.35. The van der Waals surface area contributed by atoms with Gasteiger partial charge in [0.1, 0.15) is 12.4 Å². The number of carbonyl (C=O) groups excluding carboxylic acids is 2. The quantitative estimate of drug-likeness (QED) is 0.674. The molecule has 3 rings (SSSR count). The molecule has 2 aromatic carbocycles. The van der Waals surface area contributed by atoms with Gasteiger partial charge in [0.15, 0.2) is 0 Å². The molecule has 1 aliphatic rings. The van der Waals surface area contributed by atoms with Crippen molar-refractivity contribution >= 4 is 11.9 Å². The van der Waals surface area contributed by atoms with E-state index < -0.39 is 0 Å². The van der Waals surface area contributed by atoms with E-state index >= 15 is 0 Å². The number of para-hydroxylation sites is 1. The van der Waals surface area contributed by atoms with Gasteiger partial charge in [0.2, 0.25) is 5.91 Å². The van der Waals surface area contributed by atoms with E-state index in [9.17, 15) is 9.59 Å².